The van der Waals surface area contributed by atoms with Crippen LogP contribution in [-0.2, 0) is 0 Å². The van der Waals surface area contributed by atoms with E-state index < -0.39 is 0 Å². The first-order valence-electron chi connectivity index (χ1n) is 18.9. The van der Waals surface area contributed by atoms with Gasteiger partial charge in [-0.05, 0) is 33.4 Å². The molecule has 9 aromatic rings. The van der Waals surface area contributed by atoms with E-state index in [1.165, 1.54) is 0 Å². The molecule has 282 valence electrons. The number of hydrogen-bond acceptors (Lipinski definition) is 3. The van der Waals surface area contributed by atoms with E-state index in [-0.39, 0.29) is 36.5 Å². The van der Waals surface area contributed by atoms with E-state index in [0.717, 1.165) is 66.8 Å². The molecule has 0 fully saturated rings. The third-order valence-corrected chi connectivity index (χ3v) is 9.62. The van der Waals surface area contributed by atoms with Gasteiger partial charge in [-0.3, -0.25) is 0 Å². The molecule has 0 bridgehead atoms. The Hall–Kier alpha value is -6.48. The Morgan fingerprint density at radius 3 is 0.458 bits per heavy atom. The van der Waals surface area contributed by atoms with Gasteiger partial charge >= 0.3 is 17.6 Å². The molecule has 4 radical (unpaired) electrons. The number of rotatable bonds is 6. The fourth-order valence-electron chi connectivity index (χ4n) is 6.73. The van der Waals surface area contributed by atoms with Gasteiger partial charge in [-0.1, -0.05) is 237 Å². The molecule has 0 amide bonds. The van der Waals surface area contributed by atoms with Crippen molar-refractivity contribution in [1.82, 2.24) is 0 Å². The van der Waals surface area contributed by atoms with Gasteiger partial charge in [0.25, 0.3) is 0 Å². The molecule has 0 aromatic heterocycles. The third kappa shape index (κ3) is 10.9. The van der Waals surface area contributed by atoms with Crippen LogP contribution in [0.5, 0.6) is 17.2 Å². The van der Waals surface area contributed by atoms with Crippen molar-refractivity contribution in [2.45, 2.75) is 0 Å². The summed E-state index contributed by atoms with van der Waals surface area (Å²) in [4.78, 5) is 0. The first kappa shape index (κ1) is 43.6. The Labute approximate surface area is 370 Å². The first-order valence-corrected chi connectivity index (χ1v) is 18.9. The standard InChI is InChI=1S/3C18H14O.GeH.Li/c3*19-18-16(14-8-3-1-4-9-14)12-7-13-17(18)15-10-5-2-6-11-15;;/h3*1-13,19H;1H;. The maximum atomic E-state index is 10.5. The normalized spacial score (nSPS) is 9.97. The Bertz CT molecular complexity index is 2160. The number of phenolic OH excluding ortho intramolecular Hbond substituents is 3. The summed E-state index contributed by atoms with van der Waals surface area (Å²) in [5, 5.41) is 31.5. The van der Waals surface area contributed by atoms with Crippen LogP contribution in [0.1, 0.15) is 0 Å². The van der Waals surface area contributed by atoms with E-state index >= 15 is 0 Å². The smallest absolute Gasteiger partial charge is 0 e. The zero-order chi connectivity index (χ0) is 39.2. The molecule has 3 nitrogen and oxygen atoms in total. The minimum Gasteiger partial charge on any atom is 0 e. The quantitative estimate of drug-likeness (QED) is 0.146. The minimum atomic E-state index is 0. The molecule has 0 aliphatic carbocycles. The number of aromatic hydroxyl groups is 3. The van der Waals surface area contributed by atoms with Crippen LogP contribution in [0.4, 0.5) is 0 Å². The van der Waals surface area contributed by atoms with Crippen LogP contribution >= 0.6 is 0 Å². The largest absolute Gasteiger partial charge is 0 e. The van der Waals surface area contributed by atoms with E-state index in [0.29, 0.717) is 17.2 Å². The predicted molar refractivity (Wildman–Crippen MR) is 250 cm³/mol. The van der Waals surface area contributed by atoms with Gasteiger partial charge in [-0.2, -0.15) is 0 Å². The zero-order valence-corrected chi connectivity index (χ0v) is 35.4. The van der Waals surface area contributed by atoms with E-state index in [4.69, 9.17) is 0 Å². The fraction of sp³-hybridized carbons (Fsp3) is 0. The van der Waals surface area contributed by atoms with Gasteiger partial charge in [0.15, 0.2) is 0 Å². The summed E-state index contributed by atoms with van der Waals surface area (Å²) in [6.45, 7) is 0. The van der Waals surface area contributed by atoms with Crippen LogP contribution in [-0.4, -0.2) is 51.8 Å². The summed E-state index contributed by atoms with van der Waals surface area (Å²) >= 11 is 0. The van der Waals surface area contributed by atoms with Gasteiger partial charge in [-0.25, -0.2) is 0 Å². The molecule has 5 heteroatoms. The van der Waals surface area contributed by atoms with E-state index in [1.807, 2.05) is 237 Å². The van der Waals surface area contributed by atoms with Crippen molar-refractivity contribution in [3.8, 4) is 84.0 Å². The second kappa shape index (κ2) is 21.9. The number of hydrogen-bond donors (Lipinski definition) is 3. The first-order chi connectivity index (χ1) is 28.1. The number of para-hydroxylation sites is 3. The second-order valence-electron chi connectivity index (χ2n) is 13.3. The van der Waals surface area contributed by atoms with Gasteiger partial charge in [0.2, 0.25) is 0 Å². The third-order valence-electron chi connectivity index (χ3n) is 9.62. The summed E-state index contributed by atoms with van der Waals surface area (Å²) in [6.07, 6.45) is 0. The van der Waals surface area contributed by atoms with Crippen molar-refractivity contribution in [3.63, 3.8) is 0 Å². The zero-order valence-electron chi connectivity index (χ0n) is 32.9. The molecule has 59 heavy (non-hydrogen) atoms. The van der Waals surface area contributed by atoms with Crippen molar-refractivity contribution >= 4 is 36.5 Å². The van der Waals surface area contributed by atoms with Crippen molar-refractivity contribution in [3.05, 3.63) is 237 Å². The number of benzene rings is 9. The summed E-state index contributed by atoms with van der Waals surface area (Å²) in [5.41, 5.74) is 11.3. The summed E-state index contributed by atoms with van der Waals surface area (Å²) in [7, 11) is 0. The summed E-state index contributed by atoms with van der Waals surface area (Å²) in [5.74, 6) is 1.000. The van der Waals surface area contributed by atoms with Gasteiger partial charge < -0.3 is 15.3 Å². The van der Waals surface area contributed by atoms with Crippen LogP contribution in [0.3, 0.4) is 0 Å². The predicted octanol–water partition coefficient (Wildman–Crippen LogP) is 13.1. The molecule has 0 aliphatic rings. The van der Waals surface area contributed by atoms with Gasteiger partial charge in [0.1, 0.15) is 17.2 Å². The van der Waals surface area contributed by atoms with E-state index in [2.05, 4.69) is 0 Å². The Morgan fingerprint density at radius 2 is 0.322 bits per heavy atom. The van der Waals surface area contributed by atoms with Crippen LogP contribution in [0.25, 0.3) is 66.8 Å². The van der Waals surface area contributed by atoms with Gasteiger partial charge in [0.05, 0.1) is 0 Å². The molecule has 9 rings (SSSR count). The molecule has 3 N–H and O–H groups in total. The van der Waals surface area contributed by atoms with E-state index in [9.17, 15) is 15.3 Å². The molecule has 0 spiro atoms. The Morgan fingerprint density at radius 1 is 0.186 bits per heavy atom. The SMILES string of the molecule is Oc1c(-c2ccccc2)cccc1-c1ccccc1.Oc1c(-c2ccccc2)cccc1-c1ccccc1.Oc1c(-c2ccccc2)cccc1-c1ccccc1.[GeH].[Li]. The van der Waals surface area contributed by atoms with Crippen molar-refractivity contribution in [1.29, 1.82) is 0 Å². The van der Waals surface area contributed by atoms with Crippen LogP contribution in [0, 0.1) is 0 Å². The topological polar surface area (TPSA) is 60.7 Å². The van der Waals surface area contributed by atoms with Crippen LogP contribution in [0.15, 0.2) is 237 Å². The molecule has 0 aliphatic heterocycles. The average Bonchev–Trinajstić information content (AvgIpc) is 3.29. The van der Waals surface area contributed by atoms with Crippen molar-refractivity contribution in [2.75, 3.05) is 0 Å². The summed E-state index contributed by atoms with van der Waals surface area (Å²) in [6, 6.07) is 77.2. The maximum absolute atomic E-state index is 10.5. The van der Waals surface area contributed by atoms with Crippen molar-refractivity contribution in [2.24, 2.45) is 0 Å². The molecule has 0 heterocycles. The monoisotopic (exact) mass is 820 g/mol. The molecular formula is C54H43GeLiO3. The van der Waals surface area contributed by atoms with Crippen LogP contribution < -0.4 is 0 Å². The van der Waals surface area contributed by atoms with E-state index in [1.54, 1.807) is 0 Å². The molecule has 9 aromatic carbocycles. The number of phenols is 3. The molecule has 0 saturated carbocycles. The average molecular weight is 819 g/mol. The van der Waals surface area contributed by atoms with Crippen molar-refractivity contribution < 1.29 is 15.3 Å². The molecule has 0 atom stereocenters. The Balaban J connectivity index is 0.000000165. The molecular weight excluding hydrogens is 776 g/mol. The molecule has 0 saturated heterocycles. The van der Waals surface area contributed by atoms with Gasteiger partial charge in [0, 0.05) is 52.2 Å². The van der Waals surface area contributed by atoms with Gasteiger partial charge in [-0.15, -0.1) is 0 Å². The second-order valence-corrected chi connectivity index (χ2v) is 13.3. The fourth-order valence-corrected chi connectivity index (χ4v) is 6.73. The molecule has 0 unspecified atom stereocenters. The van der Waals surface area contributed by atoms with Crippen LogP contribution in [0.2, 0.25) is 0 Å². The Kier molecular flexibility index (Phi) is 16.2. The summed E-state index contributed by atoms with van der Waals surface area (Å²) < 4.78 is 0. The minimum absolute atomic E-state index is 0. The maximum Gasteiger partial charge on any atom is 0 e.